The largest absolute Gasteiger partial charge is 0.481 e. The molecule has 4 nitrogen and oxygen atoms in total. The molecule has 15 heavy (non-hydrogen) atoms. The van der Waals surface area contributed by atoms with Crippen molar-refractivity contribution in [1.82, 2.24) is 5.32 Å². The highest BCUT2D eigenvalue weighted by molar-refractivity contribution is 5.86. The average molecular weight is 213 g/mol. The number of hydrogen-bond acceptors (Lipinski definition) is 2. The number of hydrogen-bond donors (Lipinski definition) is 2. The third-order valence-corrected chi connectivity index (χ3v) is 2.98. The van der Waals surface area contributed by atoms with Gasteiger partial charge in [0.1, 0.15) is 0 Å². The normalized spacial score (nSPS) is 16.9. The molecule has 0 aromatic heterocycles. The Labute approximate surface area is 90.0 Å². The van der Waals surface area contributed by atoms with E-state index in [-0.39, 0.29) is 12.3 Å². The number of nitrogens with one attached hydrogen (secondary N) is 1. The van der Waals surface area contributed by atoms with Gasteiger partial charge in [-0.15, -0.1) is 0 Å². The zero-order chi connectivity index (χ0) is 11.5. The van der Waals surface area contributed by atoms with Gasteiger partial charge in [0, 0.05) is 6.54 Å². The highest BCUT2D eigenvalue weighted by atomic mass is 16.4. The van der Waals surface area contributed by atoms with Crippen molar-refractivity contribution in [3.05, 3.63) is 0 Å². The van der Waals surface area contributed by atoms with Crippen LogP contribution in [0.2, 0.25) is 0 Å². The highest BCUT2D eigenvalue weighted by Gasteiger charge is 2.31. The maximum atomic E-state index is 11.7. The molecule has 1 aliphatic rings. The number of carbonyl (C=O) groups excluding carboxylic acids is 1. The molecule has 0 unspecified atom stereocenters. The minimum absolute atomic E-state index is 0.122. The maximum absolute atomic E-state index is 11.7. The van der Waals surface area contributed by atoms with E-state index in [1.165, 1.54) is 19.3 Å². The molecule has 2 N–H and O–H groups in total. The number of aliphatic carboxylic acids is 1. The Morgan fingerprint density at radius 2 is 2.00 bits per heavy atom. The number of carboxylic acid groups (broad SMARTS) is 1. The molecule has 1 rings (SSSR count). The smallest absolute Gasteiger partial charge is 0.304 e. The third-order valence-electron chi connectivity index (χ3n) is 2.98. The van der Waals surface area contributed by atoms with E-state index in [1.807, 2.05) is 0 Å². The average Bonchev–Trinajstić information content (AvgIpc) is 1.98. The summed E-state index contributed by atoms with van der Waals surface area (Å²) in [5.74, 6) is -0.481. The summed E-state index contributed by atoms with van der Waals surface area (Å²) < 4.78 is 0. The van der Waals surface area contributed by atoms with Crippen LogP contribution in [0.4, 0.5) is 0 Å². The third kappa shape index (κ3) is 3.53. The Hall–Kier alpha value is -1.06. The fraction of sp³-hybridized carbons (Fsp3) is 0.818. The van der Waals surface area contributed by atoms with Gasteiger partial charge in [-0.2, -0.15) is 0 Å². The lowest BCUT2D eigenvalue weighted by molar-refractivity contribution is -0.144. The van der Waals surface area contributed by atoms with Crippen LogP contribution in [-0.4, -0.2) is 23.5 Å². The Balaban J connectivity index is 2.33. The second kappa shape index (κ2) is 4.64. The zero-order valence-electron chi connectivity index (χ0n) is 9.38. The van der Waals surface area contributed by atoms with E-state index in [2.05, 4.69) is 5.32 Å². The van der Waals surface area contributed by atoms with E-state index in [0.29, 0.717) is 12.5 Å². The molecule has 0 aromatic rings. The van der Waals surface area contributed by atoms with Crippen LogP contribution in [0.25, 0.3) is 0 Å². The van der Waals surface area contributed by atoms with Crippen molar-refractivity contribution in [2.75, 3.05) is 6.54 Å². The lowest BCUT2D eigenvalue weighted by Crippen LogP contribution is -2.41. The molecule has 86 valence electrons. The van der Waals surface area contributed by atoms with Gasteiger partial charge in [0.2, 0.25) is 5.91 Å². The standard InChI is InChI=1S/C11H19NO3/c1-11(2,6-9(13)14)10(15)12-7-8-4-3-5-8/h8H,3-7H2,1-2H3,(H,12,15)(H,13,14). The summed E-state index contributed by atoms with van der Waals surface area (Å²) in [5, 5.41) is 11.5. The van der Waals surface area contributed by atoms with E-state index in [0.717, 1.165) is 0 Å². The zero-order valence-corrected chi connectivity index (χ0v) is 9.38. The van der Waals surface area contributed by atoms with Crippen molar-refractivity contribution in [1.29, 1.82) is 0 Å². The molecule has 1 fully saturated rings. The first kappa shape index (κ1) is 12.0. The van der Waals surface area contributed by atoms with Crippen LogP contribution in [0.1, 0.15) is 39.5 Å². The molecule has 1 aliphatic carbocycles. The molecular formula is C11H19NO3. The fourth-order valence-corrected chi connectivity index (χ4v) is 1.63. The quantitative estimate of drug-likeness (QED) is 0.725. The molecule has 0 spiro atoms. The SMILES string of the molecule is CC(C)(CC(=O)O)C(=O)NCC1CCC1. The summed E-state index contributed by atoms with van der Waals surface area (Å²) in [6, 6.07) is 0. The first-order valence-electron chi connectivity index (χ1n) is 5.42. The molecular weight excluding hydrogens is 194 g/mol. The topological polar surface area (TPSA) is 66.4 Å². The van der Waals surface area contributed by atoms with Crippen LogP contribution >= 0.6 is 0 Å². The van der Waals surface area contributed by atoms with Crippen LogP contribution in [0.3, 0.4) is 0 Å². The predicted molar refractivity (Wildman–Crippen MR) is 56.4 cm³/mol. The van der Waals surface area contributed by atoms with Crippen molar-refractivity contribution in [3.8, 4) is 0 Å². The van der Waals surface area contributed by atoms with Gasteiger partial charge in [0.15, 0.2) is 0 Å². The Kier molecular flexibility index (Phi) is 3.72. The van der Waals surface area contributed by atoms with Crippen molar-refractivity contribution >= 4 is 11.9 Å². The molecule has 4 heteroatoms. The van der Waals surface area contributed by atoms with Crippen molar-refractivity contribution in [2.45, 2.75) is 39.5 Å². The van der Waals surface area contributed by atoms with Gasteiger partial charge in [-0.25, -0.2) is 0 Å². The molecule has 0 heterocycles. The van der Waals surface area contributed by atoms with Crippen molar-refractivity contribution in [3.63, 3.8) is 0 Å². The fourth-order valence-electron chi connectivity index (χ4n) is 1.63. The number of carbonyl (C=O) groups is 2. The predicted octanol–water partition coefficient (Wildman–Crippen LogP) is 1.40. The van der Waals surface area contributed by atoms with E-state index < -0.39 is 11.4 Å². The van der Waals surface area contributed by atoms with Crippen LogP contribution in [0.15, 0.2) is 0 Å². The van der Waals surface area contributed by atoms with Gasteiger partial charge in [-0.05, 0) is 18.8 Å². The van der Waals surface area contributed by atoms with Gasteiger partial charge in [-0.3, -0.25) is 9.59 Å². The van der Waals surface area contributed by atoms with Crippen LogP contribution < -0.4 is 5.32 Å². The Morgan fingerprint density at radius 3 is 2.40 bits per heavy atom. The second-order valence-corrected chi connectivity index (χ2v) is 4.96. The molecule has 0 saturated heterocycles. The summed E-state index contributed by atoms with van der Waals surface area (Å²) in [5.41, 5.74) is -0.810. The summed E-state index contributed by atoms with van der Waals surface area (Å²) in [6.45, 7) is 4.02. The summed E-state index contributed by atoms with van der Waals surface area (Å²) >= 11 is 0. The minimum Gasteiger partial charge on any atom is -0.481 e. The van der Waals surface area contributed by atoms with E-state index in [1.54, 1.807) is 13.8 Å². The van der Waals surface area contributed by atoms with Crippen LogP contribution in [-0.2, 0) is 9.59 Å². The van der Waals surface area contributed by atoms with Gasteiger partial charge in [-0.1, -0.05) is 20.3 Å². The molecule has 1 amide bonds. The molecule has 1 saturated carbocycles. The molecule has 0 bridgehead atoms. The maximum Gasteiger partial charge on any atom is 0.304 e. The first-order chi connectivity index (χ1) is 6.92. The lowest BCUT2D eigenvalue weighted by Gasteiger charge is -2.28. The molecule has 0 aromatic carbocycles. The van der Waals surface area contributed by atoms with Crippen molar-refractivity contribution < 1.29 is 14.7 Å². The van der Waals surface area contributed by atoms with E-state index in [9.17, 15) is 9.59 Å². The summed E-state index contributed by atoms with van der Waals surface area (Å²) in [4.78, 5) is 22.2. The second-order valence-electron chi connectivity index (χ2n) is 4.96. The van der Waals surface area contributed by atoms with Crippen molar-refractivity contribution in [2.24, 2.45) is 11.3 Å². The Morgan fingerprint density at radius 1 is 1.40 bits per heavy atom. The number of carboxylic acids is 1. The van der Waals surface area contributed by atoms with Crippen LogP contribution in [0.5, 0.6) is 0 Å². The van der Waals surface area contributed by atoms with Gasteiger partial charge in [0.05, 0.1) is 11.8 Å². The number of amides is 1. The van der Waals surface area contributed by atoms with Crippen LogP contribution in [0, 0.1) is 11.3 Å². The molecule has 0 radical (unpaired) electrons. The minimum atomic E-state index is -0.932. The molecule has 0 aliphatic heterocycles. The summed E-state index contributed by atoms with van der Waals surface area (Å²) in [6.07, 6.45) is 3.49. The molecule has 0 atom stereocenters. The lowest BCUT2D eigenvalue weighted by atomic mass is 9.84. The monoisotopic (exact) mass is 213 g/mol. The Bertz CT molecular complexity index is 257. The van der Waals surface area contributed by atoms with E-state index in [4.69, 9.17) is 5.11 Å². The first-order valence-corrected chi connectivity index (χ1v) is 5.42. The highest BCUT2D eigenvalue weighted by Crippen LogP contribution is 2.26. The van der Waals surface area contributed by atoms with E-state index >= 15 is 0 Å². The van der Waals surface area contributed by atoms with Gasteiger partial charge in [0.25, 0.3) is 0 Å². The van der Waals surface area contributed by atoms with Gasteiger partial charge < -0.3 is 10.4 Å². The number of rotatable bonds is 5. The summed E-state index contributed by atoms with van der Waals surface area (Å²) in [7, 11) is 0. The van der Waals surface area contributed by atoms with Gasteiger partial charge >= 0.3 is 5.97 Å².